The van der Waals surface area contributed by atoms with Gasteiger partial charge in [-0.1, -0.05) is 30.3 Å². The summed E-state index contributed by atoms with van der Waals surface area (Å²) in [7, 11) is 0. The van der Waals surface area contributed by atoms with Gasteiger partial charge in [-0.15, -0.1) is 0 Å². The number of fused-ring (bicyclic) bond motifs is 3. The lowest BCUT2D eigenvalue weighted by Gasteiger charge is -2.26. The lowest BCUT2D eigenvalue weighted by Crippen LogP contribution is -2.37. The topological polar surface area (TPSA) is 51.0 Å². The summed E-state index contributed by atoms with van der Waals surface area (Å²) in [6.45, 7) is 1.74. The lowest BCUT2D eigenvalue weighted by atomic mass is 10.1. The van der Waals surface area contributed by atoms with Crippen LogP contribution in [0.3, 0.4) is 0 Å². The molecule has 26 heavy (non-hydrogen) atoms. The number of hydrogen-bond acceptors (Lipinski definition) is 3. The van der Waals surface area contributed by atoms with Crippen molar-refractivity contribution < 1.29 is 4.79 Å². The summed E-state index contributed by atoms with van der Waals surface area (Å²) >= 11 is 0. The Kier molecular flexibility index (Phi) is 3.73. The summed E-state index contributed by atoms with van der Waals surface area (Å²) < 4.78 is 2.06. The number of piperidine rings is 1. The smallest absolute Gasteiger partial charge is 0.255 e. The number of amides is 1. The molecule has 1 aliphatic heterocycles. The van der Waals surface area contributed by atoms with Crippen LogP contribution in [0.15, 0.2) is 48.9 Å². The summed E-state index contributed by atoms with van der Waals surface area (Å²) in [6.07, 6.45) is 8.09. The Labute approximate surface area is 152 Å². The van der Waals surface area contributed by atoms with E-state index < -0.39 is 0 Å². The highest BCUT2D eigenvalue weighted by Gasteiger charge is 2.40. The van der Waals surface area contributed by atoms with Crippen LogP contribution in [0.1, 0.15) is 35.2 Å². The van der Waals surface area contributed by atoms with E-state index in [1.54, 1.807) is 6.20 Å². The molecule has 1 aliphatic carbocycles. The third-order valence-electron chi connectivity index (χ3n) is 5.86. The van der Waals surface area contributed by atoms with Gasteiger partial charge in [-0.25, -0.2) is 9.97 Å². The molecule has 1 saturated carbocycles. The lowest BCUT2D eigenvalue weighted by molar-refractivity contribution is 0.0703. The van der Waals surface area contributed by atoms with Crippen LogP contribution in [0.2, 0.25) is 0 Å². The van der Waals surface area contributed by atoms with Gasteiger partial charge in [0.05, 0.1) is 11.9 Å². The number of rotatable bonds is 4. The molecule has 0 spiro atoms. The summed E-state index contributed by atoms with van der Waals surface area (Å²) in [5.41, 5.74) is 3.61. The van der Waals surface area contributed by atoms with Crippen LogP contribution in [-0.4, -0.2) is 37.9 Å². The van der Waals surface area contributed by atoms with Gasteiger partial charge < -0.3 is 9.47 Å². The van der Waals surface area contributed by atoms with Crippen LogP contribution >= 0.6 is 0 Å². The molecule has 0 unspecified atom stereocenters. The number of nitrogens with zero attached hydrogens (tertiary/aromatic N) is 4. The number of likely N-dealkylation sites (tertiary alicyclic amines) is 1. The SMILES string of the molecule is O=C(c1cnc2c(c1)ncn2CCc1ccccc1)N1C[C@H]2CC[C@H]1C2. The zero-order valence-corrected chi connectivity index (χ0v) is 14.7. The molecule has 1 aromatic carbocycles. The highest BCUT2D eigenvalue weighted by atomic mass is 16.2. The fourth-order valence-electron chi connectivity index (χ4n) is 4.46. The van der Waals surface area contributed by atoms with E-state index in [4.69, 9.17) is 0 Å². The van der Waals surface area contributed by atoms with Gasteiger partial charge in [0.2, 0.25) is 0 Å². The maximum atomic E-state index is 12.8. The van der Waals surface area contributed by atoms with Crippen molar-refractivity contribution in [2.24, 2.45) is 5.92 Å². The Bertz CT molecular complexity index is 949. The quantitative estimate of drug-likeness (QED) is 0.728. The molecule has 132 valence electrons. The molecule has 2 atom stereocenters. The molecule has 5 heteroatoms. The van der Waals surface area contributed by atoms with E-state index in [9.17, 15) is 4.79 Å². The highest BCUT2D eigenvalue weighted by molar-refractivity contribution is 5.96. The number of carbonyl (C=O) groups excluding carboxylic acids is 1. The molecular formula is C21H22N4O. The van der Waals surface area contributed by atoms with Gasteiger partial charge in [0.25, 0.3) is 5.91 Å². The van der Waals surface area contributed by atoms with Crippen molar-refractivity contribution in [3.63, 3.8) is 0 Å². The van der Waals surface area contributed by atoms with Crippen molar-refractivity contribution in [2.45, 2.75) is 38.3 Å². The summed E-state index contributed by atoms with van der Waals surface area (Å²) in [4.78, 5) is 23.9. The molecule has 1 saturated heterocycles. The molecule has 2 fully saturated rings. The largest absolute Gasteiger partial charge is 0.335 e. The maximum absolute atomic E-state index is 12.8. The predicted molar refractivity (Wildman–Crippen MR) is 99.8 cm³/mol. The third-order valence-corrected chi connectivity index (χ3v) is 5.86. The van der Waals surface area contributed by atoms with Gasteiger partial charge >= 0.3 is 0 Å². The van der Waals surface area contributed by atoms with Gasteiger partial charge in [0.1, 0.15) is 5.52 Å². The predicted octanol–water partition coefficient (Wildman–Crippen LogP) is 3.30. The third kappa shape index (κ3) is 2.68. The Morgan fingerprint density at radius 3 is 2.81 bits per heavy atom. The Hall–Kier alpha value is -2.69. The Morgan fingerprint density at radius 2 is 2.04 bits per heavy atom. The van der Waals surface area contributed by atoms with Crippen LogP contribution in [0.25, 0.3) is 11.2 Å². The number of aromatic nitrogens is 3. The number of carbonyl (C=O) groups is 1. The van der Waals surface area contributed by atoms with Crippen molar-refractivity contribution in [1.29, 1.82) is 0 Å². The van der Waals surface area contributed by atoms with Crippen LogP contribution in [-0.2, 0) is 13.0 Å². The fraction of sp³-hybridized carbons (Fsp3) is 0.381. The molecular weight excluding hydrogens is 324 g/mol. The first-order chi connectivity index (χ1) is 12.8. The second kappa shape index (κ2) is 6.24. The van der Waals surface area contributed by atoms with Crippen molar-refractivity contribution in [3.8, 4) is 0 Å². The summed E-state index contributed by atoms with van der Waals surface area (Å²) in [5.74, 6) is 0.822. The number of imidazole rings is 1. The Morgan fingerprint density at radius 1 is 1.15 bits per heavy atom. The van der Waals surface area contributed by atoms with Crippen molar-refractivity contribution in [3.05, 3.63) is 60.0 Å². The number of aryl methyl sites for hydroxylation is 2. The molecule has 2 aromatic heterocycles. The fourth-order valence-corrected chi connectivity index (χ4v) is 4.46. The molecule has 1 amide bonds. The molecule has 2 aliphatic rings. The molecule has 5 rings (SSSR count). The zero-order valence-electron chi connectivity index (χ0n) is 14.7. The van der Waals surface area contributed by atoms with Gasteiger partial charge in [-0.3, -0.25) is 4.79 Å². The molecule has 5 nitrogen and oxygen atoms in total. The number of benzene rings is 1. The van der Waals surface area contributed by atoms with Gasteiger partial charge in [0.15, 0.2) is 5.65 Å². The normalized spacial score (nSPS) is 21.6. The molecule has 3 aromatic rings. The van der Waals surface area contributed by atoms with E-state index in [0.717, 1.165) is 37.1 Å². The number of hydrogen-bond donors (Lipinski definition) is 0. The average Bonchev–Trinajstić information content (AvgIpc) is 3.41. The van der Waals surface area contributed by atoms with E-state index >= 15 is 0 Å². The number of pyridine rings is 1. The molecule has 0 radical (unpaired) electrons. The van der Waals surface area contributed by atoms with Crippen molar-refractivity contribution in [1.82, 2.24) is 19.4 Å². The molecule has 0 N–H and O–H groups in total. The monoisotopic (exact) mass is 346 g/mol. The second-order valence-corrected chi connectivity index (χ2v) is 7.53. The first-order valence-corrected chi connectivity index (χ1v) is 9.44. The average molecular weight is 346 g/mol. The van der Waals surface area contributed by atoms with E-state index in [-0.39, 0.29) is 5.91 Å². The van der Waals surface area contributed by atoms with E-state index in [0.29, 0.717) is 17.5 Å². The van der Waals surface area contributed by atoms with E-state index in [2.05, 4.69) is 38.8 Å². The summed E-state index contributed by atoms with van der Waals surface area (Å²) in [6, 6.07) is 12.7. The molecule has 3 heterocycles. The first kappa shape index (κ1) is 15.6. The van der Waals surface area contributed by atoms with Crippen molar-refractivity contribution in [2.75, 3.05) is 6.54 Å². The van der Waals surface area contributed by atoms with Gasteiger partial charge in [-0.05, 0) is 43.2 Å². The van der Waals surface area contributed by atoms with Crippen molar-refractivity contribution >= 4 is 17.1 Å². The Balaban J connectivity index is 1.35. The molecule has 2 bridgehead atoms. The van der Waals surface area contributed by atoms with Crippen LogP contribution in [0, 0.1) is 5.92 Å². The van der Waals surface area contributed by atoms with E-state index in [1.165, 1.54) is 18.4 Å². The highest BCUT2D eigenvalue weighted by Crippen LogP contribution is 2.38. The van der Waals surface area contributed by atoms with Crippen LogP contribution in [0.4, 0.5) is 0 Å². The minimum atomic E-state index is 0.116. The van der Waals surface area contributed by atoms with Gasteiger partial charge in [0, 0.05) is 25.3 Å². The van der Waals surface area contributed by atoms with Crippen LogP contribution < -0.4 is 0 Å². The first-order valence-electron chi connectivity index (χ1n) is 9.44. The second-order valence-electron chi connectivity index (χ2n) is 7.53. The minimum Gasteiger partial charge on any atom is -0.335 e. The minimum absolute atomic E-state index is 0.116. The zero-order chi connectivity index (χ0) is 17.5. The van der Waals surface area contributed by atoms with Gasteiger partial charge in [-0.2, -0.15) is 0 Å². The van der Waals surface area contributed by atoms with E-state index in [1.807, 2.05) is 23.4 Å². The summed E-state index contributed by atoms with van der Waals surface area (Å²) in [5, 5.41) is 0. The van der Waals surface area contributed by atoms with Crippen LogP contribution in [0.5, 0.6) is 0 Å². The standard InChI is InChI=1S/C21H22N4O/c26-21(25-13-16-6-7-18(25)10-16)17-11-19-20(22-12-17)24(14-23-19)9-8-15-4-2-1-3-5-15/h1-5,11-12,14,16,18H,6-10,13H2/t16-,18-/m0/s1. The maximum Gasteiger partial charge on any atom is 0.255 e.